The number of benzene rings is 1. The van der Waals surface area contributed by atoms with E-state index in [1.54, 1.807) is 0 Å². The van der Waals surface area contributed by atoms with Crippen LogP contribution in [0.3, 0.4) is 0 Å². The minimum atomic E-state index is -0.154. The van der Waals surface area contributed by atoms with E-state index in [2.05, 4.69) is 10.3 Å². The van der Waals surface area contributed by atoms with Crippen LogP contribution in [0, 0.1) is 20.8 Å². The summed E-state index contributed by atoms with van der Waals surface area (Å²) in [5.74, 6) is 1.26. The minimum Gasteiger partial charge on any atom is -0.320 e. The first-order chi connectivity index (χ1) is 11.9. The van der Waals surface area contributed by atoms with E-state index < -0.39 is 0 Å². The maximum Gasteiger partial charge on any atom is 0.266 e. The molecule has 0 aliphatic heterocycles. The number of hydrogen-bond donors (Lipinski definition) is 1. The van der Waals surface area contributed by atoms with Gasteiger partial charge in [0.15, 0.2) is 0 Å². The fourth-order valence-corrected chi connectivity index (χ4v) is 4.42. The molecule has 0 bridgehead atoms. The normalized spacial score (nSPS) is 14.1. The molecular formula is C19H18ClN3OS. The van der Waals surface area contributed by atoms with Crippen molar-refractivity contribution in [2.45, 2.75) is 39.5 Å². The highest BCUT2D eigenvalue weighted by molar-refractivity contribution is 7.20. The smallest absolute Gasteiger partial charge is 0.266 e. The second kappa shape index (κ2) is 6.07. The number of rotatable bonds is 3. The Morgan fingerprint density at radius 3 is 2.68 bits per heavy atom. The molecule has 0 unspecified atom stereocenters. The monoisotopic (exact) mass is 371 g/mol. The van der Waals surface area contributed by atoms with Crippen LogP contribution < -0.4 is 5.32 Å². The SMILES string of the molecule is Cc1ccc(NC(=O)c2sc3nc(C4CC4)nc(C)c3c2C)c(Cl)c1. The lowest BCUT2D eigenvalue weighted by Gasteiger charge is -2.07. The Hall–Kier alpha value is -1.98. The van der Waals surface area contributed by atoms with Gasteiger partial charge in [-0.3, -0.25) is 4.79 Å². The average Bonchev–Trinajstić information content (AvgIpc) is 3.34. The summed E-state index contributed by atoms with van der Waals surface area (Å²) in [5.41, 5.74) is 3.56. The number of anilines is 1. The fraction of sp³-hybridized carbons (Fsp3) is 0.316. The van der Waals surface area contributed by atoms with Crippen LogP contribution in [-0.4, -0.2) is 15.9 Å². The molecular weight excluding hydrogens is 354 g/mol. The minimum absolute atomic E-state index is 0.154. The van der Waals surface area contributed by atoms with Gasteiger partial charge in [-0.2, -0.15) is 0 Å². The molecule has 2 heterocycles. The molecule has 0 radical (unpaired) electrons. The third kappa shape index (κ3) is 3.02. The van der Waals surface area contributed by atoms with Gasteiger partial charge in [0.2, 0.25) is 0 Å². The first-order valence-electron chi connectivity index (χ1n) is 8.29. The zero-order chi connectivity index (χ0) is 17.7. The molecule has 128 valence electrons. The number of fused-ring (bicyclic) bond motifs is 1. The predicted molar refractivity (Wildman–Crippen MR) is 103 cm³/mol. The lowest BCUT2D eigenvalue weighted by atomic mass is 10.1. The molecule has 6 heteroatoms. The number of halogens is 1. The molecule has 25 heavy (non-hydrogen) atoms. The van der Waals surface area contributed by atoms with E-state index in [1.807, 2.05) is 39.0 Å². The standard InChI is InChI=1S/C19H18ClN3OS/c1-9-4-7-14(13(20)8-9)22-18(24)16-10(2)15-11(3)21-17(12-5-6-12)23-19(15)25-16/h4,7-8,12H,5-6H2,1-3H3,(H,22,24). The number of aryl methyl sites for hydroxylation is 3. The number of aromatic nitrogens is 2. The number of amides is 1. The van der Waals surface area contributed by atoms with Crippen molar-refractivity contribution in [3.05, 3.63) is 50.7 Å². The second-order valence-corrected chi connectivity index (χ2v) is 8.02. The van der Waals surface area contributed by atoms with Crippen molar-refractivity contribution < 1.29 is 4.79 Å². The predicted octanol–water partition coefficient (Wildman–Crippen LogP) is 5.40. The molecule has 4 rings (SSSR count). The Morgan fingerprint density at radius 2 is 2.00 bits per heavy atom. The number of nitrogens with one attached hydrogen (secondary N) is 1. The van der Waals surface area contributed by atoms with Crippen molar-refractivity contribution in [3.63, 3.8) is 0 Å². The molecule has 1 fully saturated rings. The summed E-state index contributed by atoms with van der Waals surface area (Å²) in [6.45, 7) is 5.91. The van der Waals surface area contributed by atoms with Gasteiger partial charge in [-0.1, -0.05) is 17.7 Å². The summed E-state index contributed by atoms with van der Waals surface area (Å²) in [6, 6.07) is 5.60. The second-order valence-electron chi connectivity index (χ2n) is 6.62. The van der Waals surface area contributed by atoms with E-state index in [0.29, 0.717) is 21.5 Å². The van der Waals surface area contributed by atoms with Crippen LogP contribution in [0.1, 0.15) is 51.1 Å². The zero-order valence-corrected chi connectivity index (χ0v) is 15.9. The van der Waals surface area contributed by atoms with Crippen LogP contribution >= 0.6 is 22.9 Å². The molecule has 1 amide bonds. The largest absolute Gasteiger partial charge is 0.320 e. The molecule has 3 aromatic rings. The summed E-state index contributed by atoms with van der Waals surface area (Å²) >= 11 is 7.66. The number of carbonyl (C=O) groups is 1. The van der Waals surface area contributed by atoms with E-state index in [9.17, 15) is 4.79 Å². The maximum absolute atomic E-state index is 12.8. The molecule has 0 atom stereocenters. The molecule has 1 aliphatic rings. The Balaban J connectivity index is 1.71. The molecule has 1 aromatic carbocycles. The zero-order valence-electron chi connectivity index (χ0n) is 14.3. The Labute approximate surface area is 155 Å². The van der Waals surface area contributed by atoms with Gasteiger partial charge in [-0.05, 0) is 56.9 Å². The summed E-state index contributed by atoms with van der Waals surface area (Å²) < 4.78 is 0. The molecule has 2 aromatic heterocycles. The highest BCUT2D eigenvalue weighted by Crippen LogP contribution is 2.40. The van der Waals surface area contributed by atoms with Gasteiger partial charge in [-0.25, -0.2) is 9.97 Å². The first-order valence-corrected chi connectivity index (χ1v) is 9.48. The van der Waals surface area contributed by atoms with E-state index in [1.165, 1.54) is 11.3 Å². The average molecular weight is 372 g/mol. The first kappa shape index (κ1) is 16.5. The van der Waals surface area contributed by atoms with Crippen molar-refractivity contribution in [1.29, 1.82) is 0 Å². The van der Waals surface area contributed by atoms with Crippen LogP contribution in [0.15, 0.2) is 18.2 Å². The lowest BCUT2D eigenvalue weighted by molar-refractivity contribution is 0.103. The van der Waals surface area contributed by atoms with Crippen LogP contribution in [0.25, 0.3) is 10.2 Å². The summed E-state index contributed by atoms with van der Waals surface area (Å²) in [7, 11) is 0. The van der Waals surface area contributed by atoms with Crippen molar-refractivity contribution in [3.8, 4) is 0 Å². The van der Waals surface area contributed by atoms with Gasteiger partial charge in [0.1, 0.15) is 10.7 Å². The fourth-order valence-electron chi connectivity index (χ4n) is 3.00. The van der Waals surface area contributed by atoms with Crippen LogP contribution in [-0.2, 0) is 0 Å². The molecule has 1 N–H and O–H groups in total. The molecule has 1 aliphatic carbocycles. The van der Waals surface area contributed by atoms with Crippen LogP contribution in [0.5, 0.6) is 0 Å². The third-order valence-corrected chi connectivity index (χ3v) is 6.01. The summed E-state index contributed by atoms with van der Waals surface area (Å²) in [6.07, 6.45) is 2.32. The highest BCUT2D eigenvalue weighted by Gasteiger charge is 2.28. The Morgan fingerprint density at radius 1 is 1.24 bits per heavy atom. The Kier molecular flexibility index (Phi) is 4.01. The summed E-state index contributed by atoms with van der Waals surface area (Å²) in [4.78, 5) is 23.7. The number of hydrogen-bond acceptors (Lipinski definition) is 4. The van der Waals surface area contributed by atoms with Crippen molar-refractivity contribution in [2.24, 2.45) is 0 Å². The van der Waals surface area contributed by atoms with Crippen LogP contribution in [0.4, 0.5) is 5.69 Å². The molecule has 0 saturated heterocycles. The quantitative estimate of drug-likeness (QED) is 0.670. The number of nitrogens with zero attached hydrogens (tertiary/aromatic N) is 2. The molecule has 1 saturated carbocycles. The highest BCUT2D eigenvalue weighted by atomic mass is 35.5. The van der Waals surface area contributed by atoms with Crippen LogP contribution in [0.2, 0.25) is 5.02 Å². The van der Waals surface area contributed by atoms with Crippen molar-refractivity contribution >= 4 is 44.7 Å². The Bertz CT molecular complexity index is 1010. The number of thiophene rings is 1. The van der Waals surface area contributed by atoms with Gasteiger partial charge in [0.25, 0.3) is 5.91 Å². The van der Waals surface area contributed by atoms with E-state index in [-0.39, 0.29) is 5.91 Å². The lowest BCUT2D eigenvalue weighted by Crippen LogP contribution is -2.11. The summed E-state index contributed by atoms with van der Waals surface area (Å²) in [5, 5.41) is 4.45. The third-order valence-electron chi connectivity index (χ3n) is 4.51. The molecule has 0 spiro atoms. The van der Waals surface area contributed by atoms with Gasteiger partial charge in [0.05, 0.1) is 21.3 Å². The van der Waals surface area contributed by atoms with E-state index in [0.717, 1.165) is 45.7 Å². The maximum atomic E-state index is 12.8. The topological polar surface area (TPSA) is 54.9 Å². The van der Waals surface area contributed by atoms with Gasteiger partial charge in [-0.15, -0.1) is 11.3 Å². The number of carbonyl (C=O) groups excluding carboxylic acids is 1. The van der Waals surface area contributed by atoms with Crippen molar-refractivity contribution in [2.75, 3.05) is 5.32 Å². The molecule has 4 nitrogen and oxygen atoms in total. The van der Waals surface area contributed by atoms with E-state index >= 15 is 0 Å². The van der Waals surface area contributed by atoms with E-state index in [4.69, 9.17) is 16.6 Å². The van der Waals surface area contributed by atoms with Gasteiger partial charge < -0.3 is 5.32 Å². The van der Waals surface area contributed by atoms with Gasteiger partial charge in [0, 0.05) is 11.3 Å². The van der Waals surface area contributed by atoms with Crippen molar-refractivity contribution in [1.82, 2.24) is 9.97 Å². The van der Waals surface area contributed by atoms with Gasteiger partial charge >= 0.3 is 0 Å².